The number of fused-ring (bicyclic) bond motifs is 1. The molecular weight excluding hydrogens is 330 g/mol. The maximum Gasteiger partial charge on any atom is 0.350 e. The Bertz CT molecular complexity index is 793. The number of likely N-dealkylation sites (tertiary alicyclic amines) is 1. The van der Waals surface area contributed by atoms with Gasteiger partial charge >= 0.3 is 11.7 Å². The molecule has 1 N–H and O–H groups in total. The molecule has 0 radical (unpaired) electrons. The van der Waals surface area contributed by atoms with Crippen LogP contribution in [0.5, 0.6) is 0 Å². The van der Waals surface area contributed by atoms with Gasteiger partial charge in [-0.1, -0.05) is 32.8 Å². The molecular formula is C19H29N5O2. The van der Waals surface area contributed by atoms with E-state index in [2.05, 4.69) is 24.3 Å². The highest BCUT2D eigenvalue weighted by atomic mass is 16.2. The summed E-state index contributed by atoms with van der Waals surface area (Å²) < 4.78 is 2.99. The number of hydrogen-bond acceptors (Lipinski definition) is 3. The lowest BCUT2D eigenvalue weighted by molar-refractivity contribution is 0.203. The predicted molar refractivity (Wildman–Crippen MR) is 101 cm³/mol. The number of aryl methyl sites for hydroxylation is 1. The normalized spacial score (nSPS) is 17.3. The molecule has 1 saturated heterocycles. The number of nitrogens with zero attached hydrogens (tertiary/aromatic N) is 4. The number of rotatable bonds is 7. The lowest BCUT2D eigenvalue weighted by Gasteiger charge is -2.21. The Morgan fingerprint density at radius 3 is 2.88 bits per heavy atom. The highest BCUT2D eigenvalue weighted by Gasteiger charge is 2.30. The fraction of sp³-hybridized carbons (Fsp3) is 0.632. The Labute approximate surface area is 154 Å². The minimum atomic E-state index is -0.139. The number of pyridine rings is 1. The molecule has 0 saturated carbocycles. The van der Waals surface area contributed by atoms with Crippen molar-refractivity contribution in [1.29, 1.82) is 0 Å². The molecule has 1 aliphatic heterocycles. The van der Waals surface area contributed by atoms with Crippen molar-refractivity contribution in [2.24, 2.45) is 11.8 Å². The topological polar surface area (TPSA) is 71.6 Å². The second kappa shape index (κ2) is 8.38. The first-order chi connectivity index (χ1) is 12.6. The van der Waals surface area contributed by atoms with Crippen LogP contribution < -0.4 is 11.0 Å². The van der Waals surface area contributed by atoms with Gasteiger partial charge in [-0.05, 0) is 36.8 Å². The van der Waals surface area contributed by atoms with Gasteiger partial charge in [0.05, 0.1) is 0 Å². The summed E-state index contributed by atoms with van der Waals surface area (Å²) in [5.74, 6) is 1.35. The Morgan fingerprint density at radius 1 is 1.35 bits per heavy atom. The fourth-order valence-corrected chi connectivity index (χ4v) is 3.96. The van der Waals surface area contributed by atoms with Gasteiger partial charge in [-0.15, -0.1) is 5.10 Å². The van der Waals surface area contributed by atoms with Crippen molar-refractivity contribution in [3.05, 3.63) is 34.9 Å². The van der Waals surface area contributed by atoms with Crippen LogP contribution in [0.3, 0.4) is 0 Å². The van der Waals surface area contributed by atoms with E-state index in [0.29, 0.717) is 31.1 Å². The number of carbonyl (C=O) groups is 1. The number of hydrogen-bond donors (Lipinski definition) is 1. The molecule has 2 aromatic heterocycles. The fourth-order valence-electron chi connectivity index (χ4n) is 3.96. The molecule has 142 valence electrons. The first-order valence-corrected chi connectivity index (χ1v) is 9.71. The summed E-state index contributed by atoms with van der Waals surface area (Å²) in [6.07, 6.45) is 5.87. The van der Waals surface area contributed by atoms with E-state index in [9.17, 15) is 9.59 Å². The van der Waals surface area contributed by atoms with Crippen LogP contribution >= 0.6 is 0 Å². The summed E-state index contributed by atoms with van der Waals surface area (Å²) in [5.41, 5.74) is 0.505. The summed E-state index contributed by atoms with van der Waals surface area (Å²) >= 11 is 0. The van der Waals surface area contributed by atoms with E-state index in [1.54, 1.807) is 6.20 Å². The van der Waals surface area contributed by atoms with Crippen molar-refractivity contribution in [1.82, 2.24) is 24.4 Å². The number of amides is 2. The maximum absolute atomic E-state index is 12.3. The Hall–Kier alpha value is -2.31. The Kier molecular flexibility index (Phi) is 5.96. The van der Waals surface area contributed by atoms with E-state index < -0.39 is 0 Å². The highest BCUT2D eigenvalue weighted by Crippen LogP contribution is 2.28. The van der Waals surface area contributed by atoms with Gasteiger partial charge in [0.2, 0.25) is 0 Å². The van der Waals surface area contributed by atoms with Crippen molar-refractivity contribution in [3.63, 3.8) is 0 Å². The third-order valence-corrected chi connectivity index (χ3v) is 5.54. The number of carbonyl (C=O) groups excluding carboxylic acids is 1. The molecule has 1 fully saturated rings. The SMILES string of the molecule is CCC(CC)C1CCN(C(=O)NCCCn2nc3ccccn3c2=O)C1. The Morgan fingerprint density at radius 2 is 2.15 bits per heavy atom. The van der Waals surface area contributed by atoms with Crippen LogP contribution in [0.25, 0.3) is 5.65 Å². The van der Waals surface area contributed by atoms with Gasteiger partial charge in [-0.3, -0.25) is 4.40 Å². The van der Waals surface area contributed by atoms with Crippen molar-refractivity contribution >= 4 is 11.7 Å². The highest BCUT2D eigenvalue weighted by molar-refractivity contribution is 5.74. The first kappa shape index (κ1) is 18.5. The van der Waals surface area contributed by atoms with Crippen LogP contribution in [-0.4, -0.2) is 44.7 Å². The van der Waals surface area contributed by atoms with E-state index in [0.717, 1.165) is 25.4 Å². The molecule has 0 aromatic carbocycles. The third-order valence-electron chi connectivity index (χ3n) is 5.54. The quantitative estimate of drug-likeness (QED) is 0.772. The van der Waals surface area contributed by atoms with Gasteiger partial charge in [0, 0.05) is 32.4 Å². The summed E-state index contributed by atoms with van der Waals surface area (Å²) in [6.45, 7) is 7.22. The molecule has 3 heterocycles. The first-order valence-electron chi connectivity index (χ1n) is 9.71. The lowest BCUT2D eigenvalue weighted by Crippen LogP contribution is -2.39. The van der Waals surface area contributed by atoms with Gasteiger partial charge in [0.25, 0.3) is 0 Å². The molecule has 7 nitrogen and oxygen atoms in total. The summed E-state index contributed by atoms with van der Waals surface area (Å²) in [5, 5.41) is 7.28. The zero-order valence-corrected chi connectivity index (χ0v) is 15.7. The Balaban J connectivity index is 1.44. The minimum Gasteiger partial charge on any atom is -0.338 e. The van der Waals surface area contributed by atoms with Crippen molar-refractivity contribution in [3.8, 4) is 0 Å². The zero-order valence-electron chi connectivity index (χ0n) is 15.7. The van der Waals surface area contributed by atoms with Crippen LogP contribution in [0.2, 0.25) is 0 Å². The van der Waals surface area contributed by atoms with Gasteiger partial charge in [-0.2, -0.15) is 0 Å². The molecule has 0 bridgehead atoms. The smallest absolute Gasteiger partial charge is 0.338 e. The van der Waals surface area contributed by atoms with Crippen LogP contribution in [0.4, 0.5) is 4.79 Å². The summed E-state index contributed by atoms with van der Waals surface area (Å²) in [4.78, 5) is 26.5. The number of aromatic nitrogens is 3. The van der Waals surface area contributed by atoms with Crippen molar-refractivity contribution < 1.29 is 4.79 Å². The second-order valence-electron chi connectivity index (χ2n) is 7.09. The minimum absolute atomic E-state index is 0.0146. The van der Waals surface area contributed by atoms with E-state index in [1.807, 2.05) is 23.1 Å². The van der Waals surface area contributed by atoms with E-state index in [-0.39, 0.29) is 11.7 Å². The van der Waals surface area contributed by atoms with Crippen LogP contribution in [-0.2, 0) is 6.54 Å². The monoisotopic (exact) mass is 359 g/mol. The number of nitrogens with one attached hydrogen (secondary N) is 1. The van der Waals surface area contributed by atoms with Crippen molar-refractivity contribution in [2.45, 2.75) is 46.1 Å². The maximum atomic E-state index is 12.3. The van der Waals surface area contributed by atoms with E-state index >= 15 is 0 Å². The standard InChI is InChI=1S/C19H29N5O2/c1-3-15(4-2)16-9-13-22(14-16)18(25)20-10-7-12-24-19(26)23-11-6-5-8-17(23)21-24/h5-6,8,11,15-16H,3-4,7,9-10,12-14H2,1-2H3,(H,20,25). The number of urea groups is 1. The van der Waals surface area contributed by atoms with Gasteiger partial charge in [0.15, 0.2) is 5.65 Å². The summed E-state index contributed by atoms with van der Waals surface area (Å²) in [6, 6.07) is 5.49. The molecule has 1 atom stereocenters. The average Bonchev–Trinajstić information content (AvgIpc) is 3.26. The largest absolute Gasteiger partial charge is 0.350 e. The second-order valence-corrected chi connectivity index (χ2v) is 7.09. The van der Waals surface area contributed by atoms with Crippen molar-refractivity contribution in [2.75, 3.05) is 19.6 Å². The van der Waals surface area contributed by atoms with Gasteiger partial charge in [-0.25, -0.2) is 14.3 Å². The molecule has 0 aliphatic carbocycles. The average molecular weight is 359 g/mol. The zero-order chi connectivity index (χ0) is 18.5. The lowest BCUT2D eigenvalue weighted by atomic mass is 9.87. The molecule has 3 rings (SSSR count). The molecule has 2 amide bonds. The predicted octanol–water partition coefficient (Wildman–Crippen LogP) is 2.35. The van der Waals surface area contributed by atoms with Crippen LogP contribution in [0.15, 0.2) is 29.2 Å². The molecule has 1 unspecified atom stereocenters. The molecule has 0 spiro atoms. The molecule has 2 aromatic rings. The van der Waals surface area contributed by atoms with E-state index in [1.165, 1.54) is 21.9 Å². The van der Waals surface area contributed by atoms with Crippen LogP contribution in [0, 0.1) is 11.8 Å². The van der Waals surface area contributed by atoms with Crippen LogP contribution in [0.1, 0.15) is 39.5 Å². The molecule has 1 aliphatic rings. The molecule has 7 heteroatoms. The van der Waals surface area contributed by atoms with E-state index in [4.69, 9.17) is 0 Å². The third kappa shape index (κ3) is 3.92. The summed E-state index contributed by atoms with van der Waals surface area (Å²) in [7, 11) is 0. The van der Waals surface area contributed by atoms with Gasteiger partial charge < -0.3 is 10.2 Å². The van der Waals surface area contributed by atoms with Gasteiger partial charge in [0.1, 0.15) is 0 Å². The molecule has 26 heavy (non-hydrogen) atoms.